The second-order valence-corrected chi connectivity index (χ2v) is 3.86. The summed E-state index contributed by atoms with van der Waals surface area (Å²) in [5.41, 5.74) is -0.0512. The molecule has 0 bridgehead atoms. The van der Waals surface area contributed by atoms with Crippen LogP contribution < -0.4 is 5.32 Å². The van der Waals surface area contributed by atoms with Gasteiger partial charge in [-0.05, 0) is 25.1 Å². The third-order valence-electron chi connectivity index (χ3n) is 2.59. The Hall–Kier alpha value is -2.16. The Balaban J connectivity index is 2.57. The molecule has 102 valence electrons. The summed E-state index contributed by atoms with van der Waals surface area (Å²) in [4.78, 5) is 13.3. The van der Waals surface area contributed by atoms with Crippen molar-refractivity contribution in [2.45, 2.75) is 13.3 Å². The zero-order chi connectivity index (χ0) is 14.3. The van der Waals surface area contributed by atoms with Crippen LogP contribution in [0.2, 0.25) is 0 Å². The molecule has 0 spiro atoms. The Morgan fingerprint density at radius 1 is 1.47 bits per heavy atom. The van der Waals surface area contributed by atoms with Crippen molar-refractivity contribution in [3.63, 3.8) is 0 Å². The molecule has 0 aliphatic carbocycles. The molecule has 0 saturated heterocycles. The number of anilines is 1. The van der Waals surface area contributed by atoms with Gasteiger partial charge in [-0.15, -0.1) is 0 Å². The minimum atomic E-state index is -0.616. The lowest BCUT2D eigenvalue weighted by molar-refractivity contribution is -0.129. The Kier molecular flexibility index (Phi) is 5.73. The van der Waals surface area contributed by atoms with Crippen LogP contribution in [0.25, 0.3) is 0 Å². The van der Waals surface area contributed by atoms with Crippen LogP contribution in [0.5, 0.6) is 0 Å². The van der Waals surface area contributed by atoms with Gasteiger partial charge in [-0.2, -0.15) is 5.26 Å². The third kappa shape index (κ3) is 4.54. The van der Waals surface area contributed by atoms with E-state index < -0.39 is 11.6 Å². The van der Waals surface area contributed by atoms with E-state index in [9.17, 15) is 13.6 Å². The number of hydrogen-bond acceptors (Lipinski definition) is 3. The number of hydrogen-bond donors (Lipinski definition) is 1. The highest BCUT2D eigenvalue weighted by atomic mass is 19.1. The maximum atomic E-state index is 13.3. The van der Waals surface area contributed by atoms with Gasteiger partial charge in [0.25, 0.3) is 0 Å². The van der Waals surface area contributed by atoms with E-state index in [1.54, 1.807) is 6.92 Å². The molecule has 0 aromatic heterocycles. The van der Waals surface area contributed by atoms with Gasteiger partial charge in [0.15, 0.2) is 0 Å². The molecular formula is C13H15F2N3O. The first-order chi connectivity index (χ1) is 9.08. The fourth-order valence-corrected chi connectivity index (χ4v) is 1.56. The predicted molar refractivity (Wildman–Crippen MR) is 67.3 cm³/mol. The van der Waals surface area contributed by atoms with Crippen LogP contribution in [0, 0.1) is 23.0 Å². The van der Waals surface area contributed by atoms with E-state index in [-0.39, 0.29) is 24.6 Å². The molecule has 1 aromatic rings. The third-order valence-corrected chi connectivity index (χ3v) is 2.59. The lowest BCUT2D eigenvalue weighted by Crippen LogP contribution is -2.36. The van der Waals surface area contributed by atoms with E-state index >= 15 is 0 Å². The van der Waals surface area contributed by atoms with Gasteiger partial charge in [0.1, 0.15) is 11.6 Å². The molecule has 1 aromatic carbocycles. The first kappa shape index (κ1) is 14.9. The first-order valence-electron chi connectivity index (χ1n) is 5.92. The van der Waals surface area contributed by atoms with Crippen molar-refractivity contribution in [3.05, 3.63) is 29.8 Å². The fraction of sp³-hybridized carbons (Fsp3) is 0.385. The molecule has 0 saturated carbocycles. The van der Waals surface area contributed by atoms with Crippen LogP contribution in [0.15, 0.2) is 18.2 Å². The van der Waals surface area contributed by atoms with E-state index in [1.165, 1.54) is 4.90 Å². The summed E-state index contributed by atoms with van der Waals surface area (Å²) in [5.74, 6) is -1.45. The van der Waals surface area contributed by atoms with E-state index in [1.807, 2.05) is 6.07 Å². The molecule has 0 unspecified atom stereocenters. The Bertz CT molecular complexity index is 485. The minimum absolute atomic E-state index is 0.0512. The van der Waals surface area contributed by atoms with E-state index in [0.717, 1.165) is 18.2 Å². The van der Waals surface area contributed by atoms with Crippen molar-refractivity contribution < 1.29 is 13.6 Å². The fourth-order valence-electron chi connectivity index (χ4n) is 1.56. The molecule has 0 fully saturated rings. The summed E-state index contributed by atoms with van der Waals surface area (Å²) in [7, 11) is 0. The van der Waals surface area contributed by atoms with E-state index in [0.29, 0.717) is 13.1 Å². The molecule has 0 atom stereocenters. The number of carbonyl (C=O) groups is 1. The second-order valence-electron chi connectivity index (χ2n) is 3.86. The molecule has 19 heavy (non-hydrogen) atoms. The largest absolute Gasteiger partial charge is 0.374 e. The number of rotatable bonds is 6. The van der Waals surface area contributed by atoms with Gasteiger partial charge in [-0.25, -0.2) is 8.78 Å². The highest BCUT2D eigenvalue weighted by Crippen LogP contribution is 2.14. The van der Waals surface area contributed by atoms with Crippen molar-refractivity contribution in [1.29, 1.82) is 5.26 Å². The maximum absolute atomic E-state index is 13.3. The first-order valence-corrected chi connectivity index (χ1v) is 5.92. The van der Waals surface area contributed by atoms with Crippen molar-refractivity contribution in [3.8, 4) is 6.07 Å². The van der Waals surface area contributed by atoms with Crippen LogP contribution in [0.4, 0.5) is 14.5 Å². The van der Waals surface area contributed by atoms with Crippen LogP contribution >= 0.6 is 0 Å². The number of halogens is 2. The lowest BCUT2D eigenvalue weighted by atomic mass is 10.3. The normalized spacial score (nSPS) is 9.79. The molecular weight excluding hydrogens is 252 g/mol. The number of nitrogens with zero attached hydrogens (tertiary/aromatic N) is 2. The van der Waals surface area contributed by atoms with Gasteiger partial charge in [0, 0.05) is 13.1 Å². The summed E-state index contributed by atoms with van der Waals surface area (Å²) >= 11 is 0. The average Bonchev–Trinajstić information content (AvgIpc) is 2.40. The van der Waals surface area contributed by atoms with Crippen molar-refractivity contribution in [2.24, 2.45) is 0 Å². The molecule has 6 heteroatoms. The van der Waals surface area contributed by atoms with Crippen LogP contribution in [-0.4, -0.2) is 30.4 Å². The molecule has 0 aliphatic heterocycles. The smallest absolute Gasteiger partial charge is 0.241 e. The van der Waals surface area contributed by atoms with Gasteiger partial charge >= 0.3 is 0 Å². The molecule has 1 rings (SSSR count). The summed E-state index contributed by atoms with van der Waals surface area (Å²) in [5, 5.41) is 11.0. The van der Waals surface area contributed by atoms with Crippen LogP contribution in [0.1, 0.15) is 13.3 Å². The highest BCUT2D eigenvalue weighted by molar-refractivity contribution is 5.80. The number of carbonyl (C=O) groups excluding carboxylic acids is 1. The lowest BCUT2D eigenvalue weighted by Gasteiger charge is -2.20. The number of likely N-dealkylation sites (N-methyl/N-ethyl adjacent to an activating group) is 1. The summed E-state index contributed by atoms with van der Waals surface area (Å²) < 4.78 is 26.2. The van der Waals surface area contributed by atoms with E-state index in [2.05, 4.69) is 5.32 Å². The molecule has 1 amide bonds. The number of amides is 1. The zero-order valence-electron chi connectivity index (χ0n) is 10.6. The molecule has 0 aliphatic rings. The standard InChI is InChI=1S/C13H15F2N3O/c1-2-18(7-3-6-16)13(19)9-17-12-8-10(14)4-5-11(12)15/h4-5,8,17H,2-3,7,9H2,1H3. The second kappa shape index (κ2) is 7.31. The number of nitriles is 1. The Morgan fingerprint density at radius 2 is 2.21 bits per heavy atom. The van der Waals surface area contributed by atoms with Crippen molar-refractivity contribution >= 4 is 11.6 Å². The maximum Gasteiger partial charge on any atom is 0.241 e. The van der Waals surface area contributed by atoms with Gasteiger partial charge in [-0.3, -0.25) is 4.79 Å². The number of nitrogens with one attached hydrogen (secondary N) is 1. The van der Waals surface area contributed by atoms with Gasteiger partial charge in [0.2, 0.25) is 5.91 Å². The summed E-state index contributed by atoms with van der Waals surface area (Å²) in [6.45, 7) is 2.45. The Labute approximate surface area is 110 Å². The van der Waals surface area contributed by atoms with Crippen LogP contribution in [0.3, 0.4) is 0 Å². The zero-order valence-corrected chi connectivity index (χ0v) is 10.6. The van der Waals surface area contributed by atoms with E-state index in [4.69, 9.17) is 5.26 Å². The van der Waals surface area contributed by atoms with Gasteiger partial charge in [0.05, 0.1) is 24.7 Å². The molecule has 0 radical (unpaired) electrons. The minimum Gasteiger partial charge on any atom is -0.374 e. The van der Waals surface area contributed by atoms with Crippen molar-refractivity contribution in [1.82, 2.24) is 4.90 Å². The molecule has 0 heterocycles. The molecule has 1 N–H and O–H groups in total. The average molecular weight is 267 g/mol. The molecule has 4 nitrogen and oxygen atoms in total. The quantitative estimate of drug-likeness (QED) is 0.859. The highest BCUT2D eigenvalue weighted by Gasteiger charge is 2.12. The predicted octanol–water partition coefficient (Wildman–Crippen LogP) is 2.14. The summed E-state index contributed by atoms with van der Waals surface area (Å²) in [6.07, 6.45) is 0.244. The van der Waals surface area contributed by atoms with Gasteiger partial charge in [-0.1, -0.05) is 0 Å². The monoisotopic (exact) mass is 267 g/mol. The summed E-state index contributed by atoms with van der Waals surface area (Å²) in [6, 6.07) is 4.95. The SMILES string of the molecule is CCN(CCC#N)C(=O)CNc1cc(F)ccc1F. The van der Waals surface area contributed by atoms with Gasteiger partial charge < -0.3 is 10.2 Å². The number of benzene rings is 1. The Morgan fingerprint density at radius 3 is 2.84 bits per heavy atom. The van der Waals surface area contributed by atoms with Crippen molar-refractivity contribution in [2.75, 3.05) is 25.0 Å². The van der Waals surface area contributed by atoms with Crippen LogP contribution in [-0.2, 0) is 4.79 Å². The topological polar surface area (TPSA) is 56.1 Å².